The Kier molecular flexibility index (Phi) is 3.95. The number of hydrogen-bond donors (Lipinski definition) is 0. The average Bonchev–Trinajstić information content (AvgIpc) is 3.00. The maximum atomic E-state index is 4.81. The van der Waals surface area contributed by atoms with Crippen LogP contribution in [0.5, 0.6) is 0 Å². The minimum absolute atomic E-state index is 0. The van der Waals surface area contributed by atoms with Crippen molar-refractivity contribution < 1.29 is 20.4 Å². The molecule has 2 heteroatoms. The SMILES string of the molecule is CC1(C)c2ccccc2-c2cc3[n-]c4ccccc4c3cc21.[CH3-].[Re]. The maximum absolute atomic E-state index is 4.81. The molecule has 0 fully saturated rings. The molecule has 0 saturated carbocycles. The second kappa shape index (κ2) is 5.59. The topological polar surface area (TPSA) is 14.1 Å². The predicted octanol–water partition coefficient (Wildman–Crippen LogP) is 5.70. The fraction of sp³-hybridized carbons (Fsp3) is 0.136. The third-order valence-corrected chi connectivity index (χ3v) is 5.13. The molecule has 3 aromatic carbocycles. The first kappa shape index (κ1) is 17.0. The van der Waals surface area contributed by atoms with Crippen LogP contribution in [0.1, 0.15) is 25.0 Å². The van der Waals surface area contributed by atoms with Crippen molar-refractivity contribution in [2.45, 2.75) is 19.3 Å². The zero-order valence-electron chi connectivity index (χ0n) is 14.1. The Bertz CT molecular complexity index is 1060. The quantitative estimate of drug-likeness (QED) is 0.293. The summed E-state index contributed by atoms with van der Waals surface area (Å²) in [6.07, 6.45) is 0. The number of hydrogen-bond acceptors (Lipinski definition) is 0. The van der Waals surface area contributed by atoms with Crippen LogP contribution in [0.4, 0.5) is 0 Å². The zero-order valence-corrected chi connectivity index (χ0v) is 16.8. The second-order valence-electron chi connectivity index (χ2n) is 6.71. The fourth-order valence-corrected chi connectivity index (χ4v) is 3.97. The van der Waals surface area contributed by atoms with Gasteiger partial charge in [-0.1, -0.05) is 74.5 Å². The number of benzene rings is 3. The molecule has 24 heavy (non-hydrogen) atoms. The molecule has 1 aromatic heterocycles. The summed E-state index contributed by atoms with van der Waals surface area (Å²) >= 11 is 0. The first-order chi connectivity index (χ1) is 10.7. The van der Waals surface area contributed by atoms with E-state index in [4.69, 9.17) is 4.98 Å². The summed E-state index contributed by atoms with van der Waals surface area (Å²) < 4.78 is 0. The van der Waals surface area contributed by atoms with Crippen molar-refractivity contribution in [3.63, 3.8) is 0 Å². The van der Waals surface area contributed by atoms with E-state index in [-0.39, 0.29) is 33.3 Å². The molecule has 0 aliphatic heterocycles. The molecule has 0 N–H and O–H groups in total. The Hall–Kier alpha value is -1.88. The van der Waals surface area contributed by atoms with Crippen LogP contribution in [0.15, 0.2) is 60.7 Å². The van der Waals surface area contributed by atoms with Crippen LogP contribution in [0, 0.1) is 7.43 Å². The molecule has 121 valence electrons. The smallest absolute Gasteiger partial charge is 0.0159 e. The summed E-state index contributed by atoms with van der Waals surface area (Å²) in [4.78, 5) is 4.81. The maximum Gasteiger partial charge on any atom is 0.0159 e. The van der Waals surface area contributed by atoms with E-state index < -0.39 is 0 Å². The molecule has 1 aliphatic rings. The summed E-state index contributed by atoms with van der Waals surface area (Å²) in [5.41, 5.74) is 7.78. The molecule has 1 heterocycles. The summed E-state index contributed by atoms with van der Waals surface area (Å²) in [6, 6.07) is 21.8. The Morgan fingerprint density at radius 1 is 0.708 bits per heavy atom. The van der Waals surface area contributed by atoms with Crippen LogP contribution in [0.25, 0.3) is 32.9 Å². The molecule has 0 bridgehead atoms. The number of aromatic nitrogens is 1. The van der Waals surface area contributed by atoms with Gasteiger partial charge in [-0.3, -0.25) is 0 Å². The molecule has 1 radical (unpaired) electrons. The number of rotatable bonds is 0. The number of fused-ring (bicyclic) bond motifs is 6. The van der Waals surface area contributed by atoms with E-state index in [1.807, 2.05) is 0 Å². The van der Waals surface area contributed by atoms with E-state index in [1.165, 1.54) is 33.0 Å². The van der Waals surface area contributed by atoms with Crippen LogP contribution in [0.2, 0.25) is 0 Å². The molecule has 0 spiro atoms. The summed E-state index contributed by atoms with van der Waals surface area (Å²) in [7, 11) is 0. The molecular formula is C22H19NRe-2. The molecule has 1 nitrogen and oxygen atoms in total. The van der Waals surface area contributed by atoms with Crippen molar-refractivity contribution in [1.82, 2.24) is 4.98 Å². The standard InChI is InChI=1S/C21H16N.CH3.Re/c1-21(2)17-9-5-3-7-13(17)15-12-20-16(11-18(15)21)14-8-4-6-10-19(14)22-20;;/h3-12H,1-2H3;1H3;/q2*-1;. The van der Waals surface area contributed by atoms with Crippen LogP contribution < -0.4 is 4.98 Å². The largest absolute Gasteiger partial charge is 0.657 e. The van der Waals surface area contributed by atoms with E-state index in [9.17, 15) is 0 Å². The second-order valence-corrected chi connectivity index (χ2v) is 6.71. The van der Waals surface area contributed by atoms with E-state index >= 15 is 0 Å². The molecule has 1 aliphatic carbocycles. The predicted molar refractivity (Wildman–Crippen MR) is 98.8 cm³/mol. The third kappa shape index (κ3) is 2.04. The first-order valence-electron chi connectivity index (χ1n) is 7.76. The van der Waals surface area contributed by atoms with Gasteiger partial charge in [-0.2, -0.15) is 0 Å². The molecule has 4 aromatic rings. The normalized spacial score (nSPS) is 13.9. The third-order valence-electron chi connectivity index (χ3n) is 5.13. The van der Waals surface area contributed by atoms with Gasteiger partial charge in [-0.05, 0) is 33.0 Å². The van der Waals surface area contributed by atoms with Gasteiger partial charge < -0.3 is 12.4 Å². The van der Waals surface area contributed by atoms with Gasteiger partial charge in [0.05, 0.1) is 0 Å². The minimum Gasteiger partial charge on any atom is -0.657 e. The molecule has 0 amide bonds. The molecule has 0 unspecified atom stereocenters. The van der Waals surface area contributed by atoms with E-state index in [1.54, 1.807) is 0 Å². The Balaban J connectivity index is 0.000000845. The van der Waals surface area contributed by atoms with Crippen LogP contribution in [-0.2, 0) is 25.8 Å². The Morgan fingerprint density at radius 3 is 2.25 bits per heavy atom. The van der Waals surface area contributed by atoms with Gasteiger partial charge in [0.1, 0.15) is 0 Å². The van der Waals surface area contributed by atoms with Crippen molar-refractivity contribution in [1.29, 1.82) is 0 Å². The zero-order chi connectivity index (χ0) is 14.9. The monoisotopic (exact) mass is 484 g/mol. The minimum atomic E-state index is 0. The van der Waals surface area contributed by atoms with Gasteiger partial charge in [0, 0.05) is 25.8 Å². The molecular weight excluding hydrogens is 464 g/mol. The Labute approximate surface area is 156 Å². The van der Waals surface area contributed by atoms with Gasteiger partial charge in [-0.25, -0.2) is 0 Å². The van der Waals surface area contributed by atoms with Crippen molar-refractivity contribution in [2.24, 2.45) is 0 Å². The molecule has 0 saturated heterocycles. The van der Waals surface area contributed by atoms with E-state index in [0.29, 0.717) is 0 Å². The van der Waals surface area contributed by atoms with Gasteiger partial charge in [0.25, 0.3) is 0 Å². The van der Waals surface area contributed by atoms with Gasteiger partial charge in [-0.15, -0.1) is 11.0 Å². The van der Waals surface area contributed by atoms with Crippen LogP contribution >= 0.6 is 0 Å². The fourth-order valence-electron chi connectivity index (χ4n) is 3.97. The van der Waals surface area contributed by atoms with Crippen molar-refractivity contribution in [2.75, 3.05) is 0 Å². The van der Waals surface area contributed by atoms with Crippen molar-refractivity contribution in [3.05, 3.63) is 79.2 Å². The van der Waals surface area contributed by atoms with E-state index in [0.717, 1.165) is 11.0 Å². The molecule has 0 atom stereocenters. The summed E-state index contributed by atoms with van der Waals surface area (Å²) in [5, 5.41) is 2.53. The van der Waals surface area contributed by atoms with Gasteiger partial charge in [0.2, 0.25) is 0 Å². The van der Waals surface area contributed by atoms with E-state index in [2.05, 4.69) is 74.5 Å². The molecule has 5 rings (SSSR count). The van der Waals surface area contributed by atoms with Crippen molar-refractivity contribution in [3.8, 4) is 11.1 Å². The van der Waals surface area contributed by atoms with Crippen molar-refractivity contribution >= 4 is 21.8 Å². The van der Waals surface area contributed by atoms with Gasteiger partial charge >= 0.3 is 0 Å². The number of nitrogens with zero attached hydrogens (tertiary/aromatic N) is 1. The summed E-state index contributed by atoms with van der Waals surface area (Å²) in [6.45, 7) is 4.64. The first-order valence-corrected chi connectivity index (χ1v) is 7.76. The number of para-hydroxylation sites is 1. The summed E-state index contributed by atoms with van der Waals surface area (Å²) in [5.74, 6) is 0. The van der Waals surface area contributed by atoms with Crippen LogP contribution in [0.3, 0.4) is 0 Å². The van der Waals surface area contributed by atoms with Crippen LogP contribution in [-0.4, -0.2) is 0 Å². The average molecular weight is 484 g/mol. The van der Waals surface area contributed by atoms with Gasteiger partial charge in [0.15, 0.2) is 0 Å². The Morgan fingerprint density at radius 2 is 1.42 bits per heavy atom.